The number of nitrogens with zero attached hydrogens (tertiary/aromatic N) is 1. The van der Waals surface area contributed by atoms with Crippen LogP contribution >= 0.6 is 11.3 Å². The Morgan fingerprint density at radius 3 is 1.86 bits per heavy atom. The number of anilines is 1. The number of hydrogen-bond donors (Lipinski definition) is 0. The smallest absolute Gasteiger partial charge is 0.0714 e. The van der Waals surface area contributed by atoms with Crippen molar-refractivity contribution in [1.82, 2.24) is 0 Å². The van der Waals surface area contributed by atoms with Gasteiger partial charge in [0, 0.05) is 38.8 Å². The summed E-state index contributed by atoms with van der Waals surface area (Å²) in [7, 11) is 0. The third-order valence-corrected chi connectivity index (χ3v) is 14.5. The van der Waals surface area contributed by atoms with Crippen molar-refractivity contribution in [3.05, 3.63) is 243 Å². The van der Waals surface area contributed by atoms with E-state index in [1.165, 1.54) is 98.8 Å². The third kappa shape index (κ3) is 7.09. The molecule has 0 unspecified atom stereocenters. The summed E-state index contributed by atoms with van der Waals surface area (Å²) in [4.78, 5) is 5.61. The van der Waals surface area contributed by atoms with Crippen molar-refractivity contribution in [3.63, 3.8) is 0 Å². The van der Waals surface area contributed by atoms with E-state index in [2.05, 4.69) is 193 Å². The molecule has 2 heteroatoms. The monoisotopic (exact) mass is 849 g/mol. The maximum atomic E-state index is 2.62. The zero-order chi connectivity index (χ0) is 44.2. The van der Waals surface area contributed by atoms with Crippen molar-refractivity contribution in [1.29, 1.82) is 0 Å². The maximum Gasteiger partial charge on any atom is 0.0714 e. The number of rotatable bonds is 6. The summed E-state index contributed by atoms with van der Waals surface area (Å²) < 4.78 is 0. The Morgan fingerprint density at radius 2 is 1.16 bits per heavy atom. The molecule has 0 radical (unpaired) electrons. The number of aryl methyl sites for hydroxylation is 1. The molecule has 64 heavy (non-hydrogen) atoms. The molecule has 0 N–H and O–H groups in total. The first kappa shape index (κ1) is 42.8. The fraction of sp³-hybridized carbons (Fsp3) is 0.194. The Balaban J connectivity index is 0.000000831. The van der Waals surface area contributed by atoms with E-state index in [-0.39, 0.29) is 0 Å². The highest BCUT2D eigenvalue weighted by atomic mass is 32.1. The van der Waals surface area contributed by atoms with E-state index in [4.69, 9.17) is 0 Å². The van der Waals surface area contributed by atoms with Gasteiger partial charge in [-0.1, -0.05) is 205 Å². The Kier molecular flexibility index (Phi) is 12.5. The fourth-order valence-electron chi connectivity index (χ4n) is 10.7. The third-order valence-electron chi connectivity index (χ3n) is 13.2. The van der Waals surface area contributed by atoms with Crippen molar-refractivity contribution in [2.75, 3.05) is 4.90 Å². The topological polar surface area (TPSA) is 3.24 Å². The van der Waals surface area contributed by atoms with Crippen LogP contribution in [0, 0.1) is 0 Å². The molecule has 12 rings (SSSR count). The molecule has 4 aliphatic rings. The second-order valence-electron chi connectivity index (χ2n) is 16.2. The van der Waals surface area contributed by atoms with E-state index in [0.29, 0.717) is 0 Å². The molecule has 1 aromatic heterocycles. The van der Waals surface area contributed by atoms with Crippen LogP contribution in [0.1, 0.15) is 104 Å². The highest BCUT2D eigenvalue weighted by molar-refractivity contribution is 7.16. The van der Waals surface area contributed by atoms with Crippen LogP contribution in [-0.2, 0) is 24.7 Å². The van der Waals surface area contributed by atoms with E-state index < -0.39 is 5.41 Å². The first-order chi connectivity index (χ1) is 31.8. The molecule has 4 aliphatic carbocycles. The lowest BCUT2D eigenvalue weighted by atomic mass is 9.67. The van der Waals surface area contributed by atoms with Gasteiger partial charge in [0.15, 0.2) is 0 Å². The first-order valence-corrected chi connectivity index (χ1v) is 24.5. The quantitative estimate of drug-likeness (QED) is 0.161. The number of fused-ring (bicyclic) bond motifs is 10. The van der Waals surface area contributed by atoms with E-state index >= 15 is 0 Å². The summed E-state index contributed by atoms with van der Waals surface area (Å²) >= 11 is 2.04. The van der Waals surface area contributed by atoms with E-state index in [0.717, 1.165) is 32.1 Å². The van der Waals surface area contributed by atoms with E-state index in [1.54, 1.807) is 5.56 Å². The molecule has 0 aliphatic heterocycles. The Labute approximate surface area is 385 Å². The summed E-state index contributed by atoms with van der Waals surface area (Å²) in [5.41, 5.74) is 20.1. The van der Waals surface area contributed by atoms with Gasteiger partial charge in [0.2, 0.25) is 0 Å². The molecule has 1 nitrogen and oxygen atoms in total. The summed E-state index contributed by atoms with van der Waals surface area (Å²) in [6.07, 6.45) is 12.4. The van der Waals surface area contributed by atoms with Crippen LogP contribution in [0.5, 0.6) is 0 Å². The standard InChI is InChI=1S/C56H41NS.3C2H6/c1-3-14-37(15-4-1)38-28-31-43(32-29-38)57(45-35-50-49-33-30-40-27-26-39-16-7-8-21-46(39)54(40)55(49)58-53(50)36-45)44-20-13-19-42(34-44)56(41-17-5-2-6-18-41)51-24-11-9-22-47(51)48-23-10-12-25-52(48)56;3*1-2/h1-28,31,34-35H,29-30,32-33,36H2;3*1-2H3. The SMILES string of the molecule is C1=C(c2ccccc2)CCC(N(C2=Cc3c(sc4c3CCc3ccc5ccccc5c3-4)C2)c2cccc(C3(c4ccccc4)c4ccccc4-c4ccccc43)c2)=C1.CC.CC.CC. The van der Waals surface area contributed by atoms with Crippen LogP contribution in [0.4, 0.5) is 5.69 Å². The average Bonchev–Trinajstić information content (AvgIpc) is 4.05. The van der Waals surface area contributed by atoms with Gasteiger partial charge in [-0.05, 0) is 122 Å². The number of thiophene rings is 1. The predicted molar refractivity (Wildman–Crippen MR) is 278 cm³/mol. The molecule has 0 spiro atoms. The molecule has 318 valence electrons. The molecule has 1 heterocycles. The summed E-state index contributed by atoms with van der Waals surface area (Å²) in [6, 6.07) is 63.4. The second kappa shape index (κ2) is 18.7. The normalized spacial score (nSPS) is 14.5. The van der Waals surface area contributed by atoms with Crippen molar-refractivity contribution in [3.8, 4) is 21.6 Å². The molecule has 0 saturated carbocycles. The molecule has 0 atom stereocenters. The van der Waals surface area contributed by atoms with Crippen LogP contribution in [0.15, 0.2) is 193 Å². The second-order valence-corrected chi connectivity index (χ2v) is 17.3. The van der Waals surface area contributed by atoms with Gasteiger partial charge in [0.25, 0.3) is 0 Å². The van der Waals surface area contributed by atoms with Gasteiger partial charge in [-0.3, -0.25) is 0 Å². The molecule has 0 fully saturated rings. The summed E-state index contributed by atoms with van der Waals surface area (Å²) in [5.74, 6) is 0. The van der Waals surface area contributed by atoms with Crippen LogP contribution in [0.2, 0.25) is 0 Å². The molecule has 0 saturated heterocycles. The number of benzene rings is 7. The Bertz CT molecular complexity index is 2990. The van der Waals surface area contributed by atoms with Crippen LogP contribution in [0.25, 0.3) is 44.0 Å². The van der Waals surface area contributed by atoms with Crippen molar-refractivity contribution in [2.45, 2.75) is 79.1 Å². The van der Waals surface area contributed by atoms with Crippen molar-refractivity contribution < 1.29 is 0 Å². The van der Waals surface area contributed by atoms with E-state index in [1.807, 2.05) is 52.9 Å². The lowest BCUT2D eigenvalue weighted by Gasteiger charge is -2.36. The maximum absolute atomic E-state index is 2.62. The lowest BCUT2D eigenvalue weighted by Crippen LogP contribution is -2.29. The van der Waals surface area contributed by atoms with Crippen molar-refractivity contribution in [2.24, 2.45) is 0 Å². The molecular formula is C62H59NS. The Hall–Kier alpha value is -6.48. The summed E-state index contributed by atoms with van der Waals surface area (Å²) in [5, 5.41) is 2.72. The van der Waals surface area contributed by atoms with Crippen LogP contribution in [-0.4, -0.2) is 0 Å². The number of allylic oxidation sites excluding steroid dienone is 5. The zero-order valence-corrected chi connectivity index (χ0v) is 39.1. The number of hydrogen-bond acceptors (Lipinski definition) is 2. The summed E-state index contributed by atoms with van der Waals surface area (Å²) in [6.45, 7) is 12.0. The highest BCUT2D eigenvalue weighted by Gasteiger charge is 2.46. The zero-order valence-electron chi connectivity index (χ0n) is 38.3. The van der Waals surface area contributed by atoms with Gasteiger partial charge in [-0.25, -0.2) is 0 Å². The fourth-order valence-corrected chi connectivity index (χ4v) is 12.1. The molecule has 7 aromatic carbocycles. The van der Waals surface area contributed by atoms with Crippen molar-refractivity contribution >= 4 is 39.4 Å². The molecule has 0 amide bonds. The first-order valence-electron chi connectivity index (χ1n) is 23.7. The van der Waals surface area contributed by atoms with Gasteiger partial charge in [-0.2, -0.15) is 0 Å². The molecular weight excluding hydrogens is 791 g/mol. The minimum atomic E-state index is -0.449. The molecule has 8 aromatic rings. The van der Waals surface area contributed by atoms with Gasteiger partial charge < -0.3 is 4.90 Å². The predicted octanol–water partition coefficient (Wildman–Crippen LogP) is 17.3. The van der Waals surface area contributed by atoms with Gasteiger partial charge >= 0.3 is 0 Å². The lowest BCUT2D eigenvalue weighted by molar-refractivity contribution is 0.767. The van der Waals surface area contributed by atoms with Gasteiger partial charge in [0.05, 0.1) is 5.41 Å². The minimum absolute atomic E-state index is 0.449. The van der Waals surface area contributed by atoms with Crippen LogP contribution in [0.3, 0.4) is 0 Å². The highest BCUT2D eigenvalue weighted by Crippen LogP contribution is 2.57. The van der Waals surface area contributed by atoms with E-state index in [9.17, 15) is 0 Å². The van der Waals surface area contributed by atoms with Gasteiger partial charge in [-0.15, -0.1) is 11.3 Å². The Morgan fingerprint density at radius 1 is 0.516 bits per heavy atom. The van der Waals surface area contributed by atoms with Gasteiger partial charge in [0.1, 0.15) is 0 Å². The average molecular weight is 850 g/mol. The minimum Gasteiger partial charge on any atom is -0.318 e. The van der Waals surface area contributed by atoms with Crippen LogP contribution < -0.4 is 4.90 Å². The largest absolute Gasteiger partial charge is 0.318 e. The molecule has 0 bridgehead atoms.